The lowest BCUT2D eigenvalue weighted by molar-refractivity contribution is 0.0104. The van der Waals surface area contributed by atoms with Gasteiger partial charge in [0.1, 0.15) is 17.8 Å². The highest BCUT2D eigenvalue weighted by Crippen LogP contribution is 2.15. The number of hydrogen-bond donors (Lipinski definition) is 3. The molecule has 21 heavy (non-hydrogen) atoms. The van der Waals surface area contributed by atoms with Gasteiger partial charge < -0.3 is 25.0 Å². The first-order chi connectivity index (χ1) is 9.73. The van der Waals surface area contributed by atoms with Crippen LogP contribution in [0.1, 0.15) is 32.6 Å². The maximum absolute atomic E-state index is 11.4. The highest BCUT2D eigenvalue weighted by Gasteiger charge is 2.22. The van der Waals surface area contributed by atoms with E-state index in [1.807, 2.05) is 0 Å². The molecule has 1 heterocycles. The minimum Gasteiger partial charge on any atom is -0.480 e. The summed E-state index contributed by atoms with van der Waals surface area (Å²) in [5, 5.41) is 29.5. The van der Waals surface area contributed by atoms with E-state index in [4.69, 9.17) is 9.47 Å². The van der Waals surface area contributed by atoms with E-state index in [0.29, 0.717) is 5.88 Å². The summed E-state index contributed by atoms with van der Waals surface area (Å²) in [5.74, 6) is 0.298. The van der Waals surface area contributed by atoms with E-state index in [2.05, 4.69) is 15.5 Å². The van der Waals surface area contributed by atoms with Crippen LogP contribution in [0.2, 0.25) is 0 Å². The topological polar surface area (TPSA) is 114 Å². The highest BCUT2D eigenvalue weighted by molar-refractivity contribution is 5.67. The monoisotopic (exact) mass is 299 g/mol. The van der Waals surface area contributed by atoms with Crippen LogP contribution in [0.4, 0.5) is 4.79 Å². The number of alkyl carbamates (subject to hydrolysis) is 1. The largest absolute Gasteiger partial charge is 0.480 e. The third-order valence-corrected chi connectivity index (χ3v) is 2.39. The van der Waals surface area contributed by atoms with Crippen molar-refractivity contribution in [2.75, 3.05) is 13.7 Å². The van der Waals surface area contributed by atoms with Crippen LogP contribution in [0.15, 0.2) is 12.1 Å². The highest BCUT2D eigenvalue weighted by atomic mass is 16.6. The Kier molecular flexibility index (Phi) is 5.86. The summed E-state index contributed by atoms with van der Waals surface area (Å²) in [6.07, 6.45) is -3.19. The molecule has 0 aliphatic rings. The number of carbonyl (C=O) groups excluding carboxylic acids is 1. The summed E-state index contributed by atoms with van der Waals surface area (Å²) in [7, 11) is 1.44. The Morgan fingerprint density at radius 1 is 1.33 bits per heavy atom. The third-order valence-electron chi connectivity index (χ3n) is 2.39. The average Bonchev–Trinajstić information content (AvgIpc) is 2.42. The second-order valence-electron chi connectivity index (χ2n) is 5.40. The molecule has 0 aliphatic carbocycles. The fraction of sp³-hybridized carbons (Fsp3) is 0.615. The molecule has 0 radical (unpaired) electrons. The van der Waals surface area contributed by atoms with Gasteiger partial charge in [0, 0.05) is 12.6 Å². The lowest BCUT2D eigenvalue weighted by Gasteiger charge is -2.21. The van der Waals surface area contributed by atoms with Crippen LogP contribution in [0.5, 0.6) is 5.88 Å². The molecule has 0 aliphatic heterocycles. The van der Waals surface area contributed by atoms with E-state index in [1.54, 1.807) is 20.8 Å². The van der Waals surface area contributed by atoms with E-state index in [1.165, 1.54) is 19.2 Å². The van der Waals surface area contributed by atoms with Gasteiger partial charge in [-0.3, -0.25) is 0 Å². The summed E-state index contributed by atoms with van der Waals surface area (Å²) in [5.41, 5.74) is -0.455. The van der Waals surface area contributed by atoms with Crippen molar-refractivity contribution in [3.05, 3.63) is 17.8 Å². The van der Waals surface area contributed by atoms with Crippen LogP contribution in [0.25, 0.3) is 0 Å². The van der Waals surface area contributed by atoms with Crippen LogP contribution >= 0.6 is 0 Å². The number of amides is 1. The molecule has 0 saturated heterocycles. The Morgan fingerprint density at radius 2 is 2.00 bits per heavy atom. The molecule has 0 spiro atoms. The fourth-order valence-corrected chi connectivity index (χ4v) is 1.41. The van der Waals surface area contributed by atoms with E-state index in [0.717, 1.165) is 0 Å². The number of methoxy groups -OCH3 is 1. The molecule has 0 bridgehead atoms. The molecule has 8 nitrogen and oxygen atoms in total. The van der Waals surface area contributed by atoms with Gasteiger partial charge in [0.05, 0.1) is 12.8 Å². The Morgan fingerprint density at radius 3 is 2.48 bits per heavy atom. The van der Waals surface area contributed by atoms with Gasteiger partial charge >= 0.3 is 6.09 Å². The molecule has 0 fully saturated rings. The molecule has 118 valence electrons. The Labute approximate surface area is 123 Å². The van der Waals surface area contributed by atoms with Gasteiger partial charge in [-0.05, 0) is 26.8 Å². The normalized spacial score (nSPS) is 14.2. The van der Waals surface area contributed by atoms with Crippen molar-refractivity contribution in [3.8, 4) is 5.88 Å². The van der Waals surface area contributed by atoms with Crippen LogP contribution in [-0.4, -0.2) is 51.9 Å². The molecule has 0 aromatic carbocycles. The number of aliphatic hydroxyl groups excluding tert-OH is 2. The molecule has 0 saturated carbocycles. The zero-order valence-corrected chi connectivity index (χ0v) is 12.5. The Hall–Kier alpha value is -1.93. The van der Waals surface area contributed by atoms with Crippen LogP contribution in [-0.2, 0) is 4.74 Å². The van der Waals surface area contributed by atoms with Gasteiger partial charge in [-0.25, -0.2) is 4.79 Å². The molecule has 3 N–H and O–H groups in total. The summed E-state index contributed by atoms with van der Waals surface area (Å²) in [6.45, 7) is 5.00. The van der Waals surface area contributed by atoms with Gasteiger partial charge in [-0.1, -0.05) is 0 Å². The number of aliphatic hydroxyl groups is 2. The maximum atomic E-state index is 11.4. The Balaban J connectivity index is 2.50. The van der Waals surface area contributed by atoms with Crippen molar-refractivity contribution in [2.24, 2.45) is 0 Å². The van der Waals surface area contributed by atoms with Gasteiger partial charge in [0.25, 0.3) is 0 Å². The van der Waals surface area contributed by atoms with Crippen molar-refractivity contribution >= 4 is 6.09 Å². The molecule has 1 rings (SSSR count). The van der Waals surface area contributed by atoms with E-state index in [-0.39, 0.29) is 12.2 Å². The second kappa shape index (κ2) is 7.19. The molecular formula is C13H21N3O5. The first-order valence-electron chi connectivity index (χ1n) is 6.43. The Bertz CT molecular complexity index is 458. The first-order valence-corrected chi connectivity index (χ1v) is 6.43. The van der Waals surface area contributed by atoms with Crippen molar-refractivity contribution < 1.29 is 24.5 Å². The summed E-state index contributed by atoms with van der Waals surface area (Å²) >= 11 is 0. The van der Waals surface area contributed by atoms with Crippen LogP contribution < -0.4 is 10.1 Å². The van der Waals surface area contributed by atoms with Crippen molar-refractivity contribution in [1.29, 1.82) is 0 Å². The van der Waals surface area contributed by atoms with Crippen molar-refractivity contribution in [1.82, 2.24) is 15.5 Å². The van der Waals surface area contributed by atoms with E-state index in [9.17, 15) is 15.0 Å². The smallest absolute Gasteiger partial charge is 0.407 e. The quantitative estimate of drug-likeness (QED) is 0.721. The average molecular weight is 299 g/mol. The van der Waals surface area contributed by atoms with Gasteiger partial charge in [0.2, 0.25) is 5.88 Å². The SMILES string of the molecule is COc1ccc(C(O)C(O)CNC(=O)OC(C)(C)C)nn1. The molecule has 2 atom stereocenters. The van der Waals surface area contributed by atoms with E-state index >= 15 is 0 Å². The zero-order chi connectivity index (χ0) is 16.0. The molecule has 1 aromatic heterocycles. The number of rotatable bonds is 5. The summed E-state index contributed by atoms with van der Waals surface area (Å²) in [4.78, 5) is 11.4. The third kappa shape index (κ3) is 5.92. The number of carbonyl (C=O) groups is 1. The number of nitrogens with zero attached hydrogens (tertiary/aromatic N) is 2. The van der Waals surface area contributed by atoms with Crippen molar-refractivity contribution in [2.45, 2.75) is 38.6 Å². The fourth-order valence-electron chi connectivity index (χ4n) is 1.41. The van der Waals surface area contributed by atoms with E-state index < -0.39 is 23.9 Å². The van der Waals surface area contributed by atoms with Gasteiger partial charge in [-0.2, -0.15) is 0 Å². The standard InChI is InChI=1S/C13H21N3O5/c1-13(2,3)21-12(19)14-7-9(17)11(18)8-5-6-10(20-4)16-15-8/h5-6,9,11,17-18H,7H2,1-4H3,(H,14,19). The van der Waals surface area contributed by atoms with Crippen molar-refractivity contribution in [3.63, 3.8) is 0 Å². The predicted octanol–water partition coefficient (Wildman–Crippen LogP) is 0.404. The molecule has 1 amide bonds. The molecular weight excluding hydrogens is 278 g/mol. The summed E-state index contributed by atoms with van der Waals surface area (Å²) in [6, 6.07) is 2.99. The lowest BCUT2D eigenvalue weighted by atomic mass is 10.1. The number of nitrogens with one attached hydrogen (secondary N) is 1. The number of hydrogen-bond acceptors (Lipinski definition) is 7. The lowest BCUT2D eigenvalue weighted by Crippen LogP contribution is -2.39. The second-order valence-corrected chi connectivity index (χ2v) is 5.40. The minimum absolute atomic E-state index is 0.175. The van der Waals surface area contributed by atoms with Gasteiger partial charge in [-0.15, -0.1) is 10.2 Å². The predicted molar refractivity (Wildman–Crippen MR) is 73.8 cm³/mol. The maximum Gasteiger partial charge on any atom is 0.407 e. The minimum atomic E-state index is -1.28. The van der Waals surface area contributed by atoms with Crippen LogP contribution in [0, 0.1) is 0 Å². The number of aromatic nitrogens is 2. The number of ether oxygens (including phenoxy) is 2. The first kappa shape index (κ1) is 17.1. The summed E-state index contributed by atoms with van der Waals surface area (Å²) < 4.78 is 9.86. The van der Waals surface area contributed by atoms with Crippen LogP contribution in [0.3, 0.4) is 0 Å². The zero-order valence-electron chi connectivity index (χ0n) is 12.5. The van der Waals surface area contributed by atoms with Gasteiger partial charge in [0.15, 0.2) is 0 Å². The molecule has 8 heteroatoms. The molecule has 1 aromatic rings. The molecule has 2 unspecified atom stereocenters.